The highest BCUT2D eigenvalue weighted by Gasteiger charge is 2.36. The predicted molar refractivity (Wildman–Crippen MR) is 136 cm³/mol. The molecule has 0 N–H and O–H groups in total. The Hall–Kier alpha value is -3.87. The third kappa shape index (κ3) is 3.61. The SMILES string of the molecule is O=C(c1c2c(nc3ccccc13)/C(=C/c1ccc3c(c1)OCO3)CC2)N1CCN(C(=O)C2CC2)CC1. The van der Waals surface area contributed by atoms with E-state index in [4.69, 9.17) is 14.5 Å². The molecule has 182 valence electrons. The number of aromatic nitrogens is 1. The van der Waals surface area contributed by atoms with Gasteiger partial charge in [0, 0.05) is 37.5 Å². The summed E-state index contributed by atoms with van der Waals surface area (Å²) in [5.41, 5.74) is 5.71. The molecule has 2 fully saturated rings. The summed E-state index contributed by atoms with van der Waals surface area (Å²) in [7, 11) is 0. The molecule has 0 atom stereocenters. The van der Waals surface area contributed by atoms with Crippen LogP contribution in [0.1, 0.15) is 46.4 Å². The molecule has 1 saturated heterocycles. The van der Waals surface area contributed by atoms with Crippen molar-refractivity contribution in [1.82, 2.24) is 14.8 Å². The van der Waals surface area contributed by atoms with Crippen molar-refractivity contribution in [2.45, 2.75) is 25.7 Å². The van der Waals surface area contributed by atoms with Crippen molar-refractivity contribution in [3.05, 3.63) is 64.8 Å². The number of para-hydroxylation sites is 1. The van der Waals surface area contributed by atoms with Crippen molar-refractivity contribution in [3.63, 3.8) is 0 Å². The van der Waals surface area contributed by atoms with Crippen LogP contribution in [0.5, 0.6) is 11.5 Å². The Morgan fingerprint density at radius 3 is 2.53 bits per heavy atom. The minimum absolute atomic E-state index is 0.0488. The van der Waals surface area contributed by atoms with Crippen LogP contribution in [-0.4, -0.2) is 59.6 Å². The maximum Gasteiger partial charge on any atom is 0.255 e. The van der Waals surface area contributed by atoms with E-state index >= 15 is 0 Å². The van der Waals surface area contributed by atoms with Crippen molar-refractivity contribution in [3.8, 4) is 11.5 Å². The minimum atomic E-state index is 0.0488. The summed E-state index contributed by atoms with van der Waals surface area (Å²) in [6.07, 6.45) is 5.78. The van der Waals surface area contributed by atoms with Gasteiger partial charge in [0.1, 0.15) is 0 Å². The molecule has 0 spiro atoms. The van der Waals surface area contributed by atoms with Crippen LogP contribution in [0.2, 0.25) is 0 Å². The second-order valence-corrected chi connectivity index (χ2v) is 10.0. The van der Waals surface area contributed by atoms with Gasteiger partial charge in [-0.2, -0.15) is 0 Å². The fourth-order valence-electron chi connectivity index (χ4n) is 5.60. The number of benzene rings is 2. The molecule has 2 aromatic carbocycles. The number of hydrogen-bond donors (Lipinski definition) is 0. The number of fused-ring (bicyclic) bond motifs is 3. The molecule has 3 aromatic rings. The largest absolute Gasteiger partial charge is 0.454 e. The Balaban J connectivity index is 1.23. The average molecular weight is 482 g/mol. The van der Waals surface area contributed by atoms with Gasteiger partial charge in [0.15, 0.2) is 11.5 Å². The molecule has 1 aromatic heterocycles. The molecule has 7 nitrogen and oxygen atoms in total. The van der Waals surface area contributed by atoms with Crippen LogP contribution in [0.4, 0.5) is 0 Å². The van der Waals surface area contributed by atoms with E-state index in [0.717, 1.165) is 76.0 Å². The maximum atomic E-state index is 13.9. The van der Waals surface area contributed by atoms with Gasteiger partial charge >= 0.3 is 0 Å². The highest BCUT2D eigenvalue weighted by molar-refractivity contribution is 6.09. The zero-order chi connectivity index (χ0) is 24.2. The lowest BCUT2D eigenvalue weighted by Gasteiger charge is -2.35. The smallest absolute Gasteiger partial charge is 0.255 e. The third-order valence-electron chi connectivity index (χ3n) is 7.70. The van der Waals surface area contributed by atoms with E-state index in [0.29, 0.717) is 26.2 Å². The number of carbonyl (C=O) groups is 2. The Bertz CT molecular complexity index is 1430. The van der Waals surface area contributed by atoms with Crippen molar-refractivity contribution >= 4 is 34.4 Å². The van der Waals surface area contributed by atoms with Gasteiger partial charge in [0.25, 0.3) is 5.91 Å². The van der Waals surface area contributed by atoms with Crippen molar-refractivity contribution in [1.29, 1.82) is 0 Å². The molecule has 0 unspecified atom stereocenters. The molecule has 0 bridgehead atoms. The fourth-order valence-corrected chi connectivity index (χ4v) is 5.60. The van der Waals surface area contributed by atoms with Gasteiger partial charge in [0.2, 0.25) is 12.7 Å². The number of carbonyl (C=O) groups excluding carboxylic acids is 2. The van der Waals surface area contributed by atoms with Crippen LogP contribution in [-0.2, 0) is 11.2 Å². The summed E-state index contributed by atoms with van der Waals surface area (Å²) >= 11 is 0. The lowest BCUT2D eigenvalue weighted by molar-refractivity contribution is -0.134. The van der Waals surface area contributed by atoms with E-state index in [1.165, 1.54) is 0 Å². The van der Waals surface area contributed by atoms with Gasteiger partial charge in [-0.1, -0.05) is 24.3 Å². The molecule has 2 amide bonds. The molecule has 4 aliphatic rings. The molecular formula is C29H27N3O4. The number of nitrogens with zero attached hydrogens (tertiary/aromatic N) is 3. The molecule has 2 aliphatic heterocycles. The topological polar surface area (TPSA) is 72.0 Å². The third-order valence-corrected chi connectivity index (χ3v) is 7.70. The zero-order valence-electron chi connectivity index (χ0n) is 20.0. The van der Waals surface area contributed by atoms with Crippen molar-refractivity contribution in [2.75, 3.05) is 33.0 Å². The first-order valence-electron chi connectivity index (χ1n) is 12.8. The van der Waals surface area contributed by atoms with Crippen LogP contribution in [0.3, 0.4) is 0 Å². The number of piperazine rings is 1. The fraction of sp³-hybridized carbons (Fsp3) is 0.345. The number of allylic oxidation sites excluding steroid dienone is 1. The maximum absolute atomic E-state index is 13.9. The molecule has 7 rings (SSSR count). The first-order chi connectivity index (χ1) is 17.7. The highest BCUT2D eigenvalue weighted by Crippen LogP contribution is 2.40. The Kier molecular flexibility index (Phi) is 4.98. The van der Waals surface area contributed by atoms with E-state index < -0.39 is 0 Å². The number of rotatable bonds is 3. The second kappa shape index (κ2) is 8.36. The molecule has 3 heterocycles. The summed E-state index contributed by atoms with van der Waals surface area (Å²) in [6, 6.07) is 13.9. The normalized spacial score (nSPS) is 19.7. The summed E-state index contributed by atoms with van der Waals surface area (Å²) in [5, 5.41) is 0.905. The van der Waals surface area contributed by atoms with Gasteiger partial charge in [-0.15, -0.1) is 0 Å². The van der Waals surface area contributed by atoms with Crippen LogP contribution >= 0.6 is 0 Å². The molecule has 1 saturated carbocycles. The predicted octanol–water partition coefficient (Wildman–Crippen LogP) is 4.14. The minimum Gasteiger partial charge on any atom is -0.454 e. The quantitative estimate of drug-likeness (QED) is 0.562. The van der Waals surface area contributed by atoms with Crippen molar-refractivity contribution in [2.24, 2.45) is 5.92 Å². The van der Waals surface area contributed by atoms with Crippen LogP contribution in [0.15, 0.2) is 42.5 Å². The summed E-state index contributed by atoms with van der Waals surface area (Å²) in [6.45, 7) is 2.62. The summed E-state index contributed by atoms with van der Waals surface area (Å²) < 4.78 is 11.0. The van der Waals surface area contributed by atoms with Gasteiger partial charge in [-0.05, 0) is 66.7 Å². The number of pyridine rings is 1. The standard InChI is InChI=1S/C29H27N3O4/c33-28(19-6-7-19)31-11-13-32(14-12-31)29(34)26-21-3-1-2-4-23(21)30-27-20(8-9-22(26)27)15-18-5-10-24-25(16-18)36-17-35-24/h1-5,10,15-16,19H,6-9,11-14,17H2/b20-15+. The van der Waals surface area contributed by atoms with E-state index in [-0.39, 0.29) is 24.5 Å². The molecule has 2 aliphatic carbocycles. The monoisotopic (exact) mass is 481 g/mol. The second-order valence-electron chi connectivity index (χ2n) is 10.0. The Morgan fingerprint density at radius 1 is 0.917 bits per heavy atom. The summed E-state index contributed by atoms with van der Waals surface area (Å²) in [4.78, 5) is 35.3. The molecule has 0 radical (unpaired) electrons. The van der Waals surface area contributed by atoms with Gasteiger partial charge in [-0.3, -0.25) is 9.59 Å². The van der Waals surface area contributed by atoms with Gasteiger partial charge < -0.3 is 19.3 Å². The van der Waals surface area contributed by atoms with E-state index in [1.807, 2.05) is 52.3 Å². The highest BCUT2D eigenvalue weighted by atomic mass is 16.7. The average Bonchev–Trinajstić information content (AvgIpc) is 3.54. The van der Waals surface area contributed by atoms with Gasteiger partial charge in [-0.25, -0.2) is 4.98 Å². The molecular weight excluding hydrogens is 454 g/mol. The van der Waals surface area contributed by atoms with Crippen LogP contribution < -0.4 is 9.47 Å². The first kappa shape index (κ1) is 21.4. The van der Waals surface area contributed by atoms with E-state index in [1.54, 1.807) is 0 Å². The van der Waals surface area contributed by atoms with Gasteiger partial charge in [0.05, 0.1) is 16.8 Å². The zero-order valence-corrected chi connectivity index (χ0v) is 20.0. The van der Waals surface area contributed by atoms with E-state index in [9.17, 15) is 9.59 Å². The number of ether oxygens (including phenoxy) is 2. The van der Waals surface area contributed by atoms with Crippen molar-refractivity contribution < 1.29 is 19.1 Å². The Morgan fingerprint density at radius 2 is 1.69 bits per heavy atom. The Labute approximate surface area is 209 Å². The lowest BCUT2D eigenvalue weighted by atomic mass is 9.99. The summed E-state index contributed by atoms with van der Waals surface area (Å²) in [5.74, 6) is 2.04. The molecule has 7 heteroatoms. The molecule has 36 heavy (non-hydrogen) atoms. The van der Waals surface area contributed by atoms with E-state index in [2.05, 4.69) is 6.08 Å². The first-order valence-corrected chi connectivity index (χ1v) is 12.8. The number of amides is 2. The van der Waals surface area contributed by atoms with Crippen LogP contribution in [0.25, 0.3) is 22.6 Å². The number of hydrogen-bond acceptors (Lipinski definition) is 5. The lowest BCUT2D eigenvalue weighted by Crippen LogP contribution is -2.51. The van der Waals surface area contributed by atoms with Crippen LogP contribution in [0, 0.1) is 5.92 Å².